The van der Waals surface area contributed by atoms with Crippen LogP contribution in [0.1, 0.15) is 29.7 Å². The lowest BCUT2D eigenvalue weighted by Gasteiger charge is -2.13. The van der Waals surface area contributed by atoms with Crippen LogP contribution in [0.25, 0.3) is 0 Å². The first kappa shape index (κ1) is 9.23. The minimum absolute atomic E-state index is 0.0232. The number of aryl methyl sites for hydroxylation is 1. The molecule has 2 heteroatoms. The average Bonchev–Trinajstić information content (AvgIpc) is 2.08. The monoisotopic (exact) mass is 165 g/mol. The van der Waals surface area contributed by atoms with Gasteiger partial charge in [-0.05, 0) is 37.5 Å². The van der Waals surface area contributed by atoms with Gasteiger partial charge in [-0.3, -0.25) is 4.84 Å². The van der Waals surface area contributed by atoms with Crippen molar-refractivity contribution < 1.29 is 4.84 Å². The van der Waals surface area contributed by atoms with E-state index in [-0.39, 0.29) is 6.10 Å². The third-order valence-electron chi connectivity index (χ3n) is 2.29. The van der Waals surface area contributed by atoms with Crippen molar-refractivity contribution in [2.24, 2.45) is 5.90 Å². The maximum Gasteiger partial charge on any atom is 0.101 e. The Morgan fingerprint density at radius 1 is 1.33 bits per heavy atom. The molecule has 0 saturated heterocycles. The van der Waals surface area contributed by atoms with Gasteiger partial charge in [0.15, 0.2) is 0 Å². The van der Waals surface area contributed by atoms with E-state index in [1.165, 1.54) is 11.1 Å². The van der Waals surface area contributed by atoms with Gasteiger partial charge in [-0.15, -0.1) is 0 Å². The zero-order valence-corrected chi connectivity index (χ0v) is 7.79. The third-order valence-corrected chi connectivity index (χ3v) is 2.29. The molecule has 66 valence electrons. The Kier molecular flexibility index (Phi) is 2.84. The molecule has 1 aromatic carbocycles. The second-order valence-electron chi connectivity index (χ2n) is 3.07. The van der Waals surface area contributed by atoms with Crippen LogP contribution >= 0.6 is 0 Å². The van der Waals surface area contributed by atoms with Crippen LogP contribution in [0.2, 0.25) is 0 Å². The number of rotatable bonds is 2. The molecule has 0 aromatic heterocycles. The molecule has 1 aromatic rings. The van der Waals surface area contributed by atoms with Crippen molar-refractivity contribution in [1.29, 1.82) is 0 Å². The zero-order chi connectivity index (χ0) is 9.14. The summed E-state index contributed by atoms with van der Waals surface area (Å²) in [6, 6.07) is 6.15. The summed E-state index contributed by atoms with van der Waals surface area (Å²) in [5.74, 6) is 5.12. The standard InChI is InChI=1S/C10H15NO/c1-7-5-4-6-10(8(7)2)9(3)12-11/h4-6,9H,11H2,1-3H3. The van der Waals surface area contributed by atoms with Gasteiger partial charge in [0.25, 0.3) is 0 Å². The van der Waals surface area contributed by atoms with Crippen LogP contribution in [-0.2, 0) is 4.84 Å². The van der Waals surface area contributed by atoms with Crippen LogP contribution in [0.15, 0.2) is 18.2 Å². The highest BCUT2D eigenvalue weighted by Crippen LogP contribution is 2.21. The van der Waals surface area contributed by atoms with Gasteiger partial charge in [-0.2, -0.15) is 0 Å². The van der Waals surface area contributed by atoms with E-state index in [1.54, 1.807) is 0 Å². The Balaban J connectivity index is 3.07. The van der Waals surface area contributed by atoms with Crippen molar-refractivity contribution in [2.45, 2.75) is 26.9 Å². The van der Waals surface area contributed by atoms with Gasteiger partial charge < -0.3 is 0 Å². The maximum absolute atomic E-state index is 5.12. The summed E-state index contributed by atoms with van der Waals surface area (Å²) in [6.07, 6.45) is -0.0232. The Morgan fingerprint density at radius 3 is 2.58 bits per heavy atom. The molecule has 0 saturated carbocycles. The van der Waals surface area contributed by atoms with E-state index in [1.807, 2.05) is 19.1 Å². The lowest BCUT2D eigenvalue weighted by atomic mass is 10.0. The van der Waals surface area contributed by atoms with Crippen LogP contribution in [0.3, 0.4) is 0 Å². The molecule has 2 N–H and O–H groups in total. The molecule has 0 bridgehead atoms. The summed E-state index contributed by atoms with van der Waals surface area (Å²) < 4.78 is 0. The fourth-order valence-electron chi connectivity index (χ4n) is 1.29. The van der Waals surface area contributed by atoms with E-state index in [2.05, 4.69) is 19.9 Å². The van der Waals surface area contributed by atoms with E-state index in [4.69, 9.17) is 10.7 Å². The van der Waals surface area contributed by atoms with Crippen molar-refractivity contribution in [2.75, 3.05) is 0 Å². The van der Waals surface area contributed by atoms with Crippen molar-refractivity contribution in [3.8, 4) is 0 Å². The molecular formula is C10H15NO. The number of hydrogen-bond donors (Lipinski definition) is 1. The molecule has 0 amide bonds. The molecule has 1 unspecified atom stereocenters. The summed E-state index contributed by atoms with van der Waals surface area (Å²) in [5, 5.41) is 0. The van der Waals surface area contributed by atoms with E-state index >= 15 is 0 Å². The fraction of sp³-hybridized carbons (Fsp3) is 0.400. The molecule has 2 nitrogen and oxygen atoms in total. The number of hydrogen-bond acceptors (Lipinski definition) is 2. The van der Waals surface area contributed by atoms with Crippen molar-refractivity contribution in [1.82, 2.24) is 0 Å². The highest BCUT2D eigenvalue weighted by molar-refractivity contribution is 5.34. The van der Waals surface area contributed by atoms with Crippen molar-refractivity contribution in [3.05, 3.63) is 34.9 Å². The Bertz CT molecular complexity index is 271. The second kappa shape index (κ2) is 3.70. The highest BCUT2D eigenvalue weighted by Gasteiger charge is 2.07. The highest BCUT2D eigenvalue weighted by atomic mass is 16.6. The zero-order valence-electron chi connectivity index (χ0n) is 7.79. The smallest absolute Gasteiger partial charge is 0.101 e. The van der Waals surface area contributed by atoms with Crippen molar-refractivity contribution in [3.63, 3.8) is 0 Å². The Labute approximate surface area is 73.3 Å². The van der Waals surface area contributed by atoms with Gasteiger partial charge >= 0.3 is 0 Å². The first-order chi connectivity index (χ1) is 5.66. The molecule has 0 aliphatic carbocycles. The lowest BCUT2D eigenvalue weighted by molar-refractivity contribution is 0.0659. The van der Waals surface area contributed by atoms with Gasteiger partial charge in [0.2, 0.25) is 0 Å². The topological polar surface area (TPSA) is 35.2 Å². The maximum atomic E-state index is 5.12. The lowest BCUT2D eigenvalue weighted by Crippen LogP contribution is -2.07. The summed E-state index contributed by atoms with van der Waals surface area (Å²) >= 11 is 0. The van der Waals surface area contributed by atoms with Gasteiger partial charge in [0, 0.05) is 0 Å². The molecule has 1 rings (SSSR count). The molecule has 0 radical (unpaired) electrons. The SMILES string of the molecule is Cc1cccc(C(C)ON)c1C. The quantitative estimate of drug-likeness (QED) is 0.682. The molecule has 0 heterocycles. The Hall–Kier alpha value is -0.860. The molecule has 12 heavy (non-hydrogen) atoms. The molecule has 0 aliphatic rings. The largest absolute Gasteiger partial charge is 0.297 e. The predicted molar refractivity (Wildman–Crippen MR) is 49.6 cm³/mol. The van der Waals surface area contributed by atoms with Crippen molar-refractivity contribution >= 4 is 0 Å². The molecule has 1 atom stereocenters. The molecule has 0 spiro atoms. The minimum atomic E-state index is -0.0232. The van der Waals surface area contributed by atoms with Crippen LogP contribution in [0, 0.1) is 13.8 Å². The van der Waals surface area contributed by atoms with Gasteiger partial charge in [-0.25, -0.2) is 5.90 Å². The molecule has 0 fully saturated rings. The summed E-state index contributed by atoms with van der Waals surface area (Å²) in [7, 11) is 0. The van der Waals surface area contributed by atoms with Gasteiger partial charge in [0.05, 0.1) is 0 Å². The first-order valence-electron chi connectivity index (χ1n) is 4.08. The average molecular weight is 165 g/mol. The van der Waals surface area contributed by atoms with Crippen LogP contribution < -0.4 is 5.90 Å². The van der Waals surface area contributed by atoms with Gasteiger partial charge in [-0.1, -0.05) is 18.2 Å². The molecular weight excluding hydrogens is 150 g/mol. The summed E-state index contributed by atoms with van der Waals surface area (Å²) in [5.41, 5.74) is 3.70. The van der Waals surface area contributed by atoms with Crippen LogP contribution in [0.4, 0.5) is 0 Å². The molecule has 0 aliphatic heterocycles. The first-order valence-corrected chi connectivity index (χ1v) is 4.08. The summed E-state index contributed by atoms with van der Waals surface area (Å²) in [6.45, 7) is 6.12. The van der Waals surface area contributed by atoms with Crippen LogP contribution in [-0.4, -0.2) is 0 Å². The Morgan fingerprint density at radius 2 is 2.00 bits per heavy atom. The van der Waals surface area contributed by atoms with Gasteiger partial charge in [0.1, 0.15) is 6.10 Å². The van der Waals surface area contributed by atoms with Crippen LogP contribution in [0.5, 0.6) is 0 Å². The number of nitrogens with two attached hydrogens (primary N) is 1. The second-order valence-corrected chi connectivity index (χ2v) is 3.07. The summed E-state index contributed by atoms with van der Waals surface area (Å²) in [4.78, 5) is 4.77. The minimum Gasteiger partial charge on any atom is -0.297 e. The van der Waals surface area contributed by atoms with E-state index < -0.39 is 0 Å². The van der Waals surface area contributed by atoms with E-state index in [0.717, 1.165) is 5.56 Å². The number of benzene rings is 1. The predicted octanol–water partition coefficient (Wildman–Crippen LogP) is 2.25. The fourth-order valence-corrected chi connectivity index (χ4v) is 1.29. The van der Waals surface area contributed by atoms with E-state index in [9.17, 15) is 0 Å². The van der Waals surface area contributed by atoms with E-state index in [0.29, 0.717) is 0 Å². The normalized spacial score (nSPS) is 13.0. The third kappa shape index (κ3) is 1.65.